The molecule has 0 spiro atoms. The number of nitrogens with zero attached hydrogens (tertiary/aromatic N) is 1. The van der Waals surface area contributed by atoms with Gasteiger partial charge in [-0.1, -0.05) is 0 Å². The van der Waals surface area contributed by atoms with Gasteiger partial charge in [0.25, 0.3) is 0 Å². The van der Waals surface area contributed by atoms with Crippen LogP contribution in [0, 0.1) is 0 Å². The Morgan fingerprint density at radius 1 is 1.45 bits per heavy atom. The molecule has 2 rings (SSSR count). The quantitative estimate of drug-likeness (QED) is 0.833. The molecule has 1 fully saturated rings. The fraction of sp³-hybridized carbons (Fsp3) is 0.308. The second-order valence-corrected chi connectivity index (χ2v) is 4.03. The lowest BCUT2D eigenvalue weighted by Gasteiger charge is -2.28. The molecular formula is C13H14N2O5. The third-order valence-corrected chi connectivity index (χ3v) is 2.83. The molecule has 1 aliphatic heterocycles. The minimum Gasteiger partial charge on any atom is -0.495 e. The Kier molecular flexibility index (Phi) is 2.87. The lowest BCUT2D eigenvalue weighted by atomic mass is 10.1. The van der Waals surface area contributed by atoms with E-state index in [1.165, 1.54) is 25.3 Å². The summed E-state index contributed by atoms with van der Waals surface area (Å²) < 4.78 is 31.0. The summed E-state index contributed by atoms with van der Waals surface area (Å²) in [6, 6.07) is 3.14. The molecule has 0 bridgehead atoms. The van der Waals surface area contributed by atoms with Gasteiger partial charge in [0.05, 0.1) is 29.5 Å². The van der Waals surface area contributed by atoms with E-state index in [1.54, 1.807) is 0 Å². The molecule has 1 aromatic carbocycles. The van der Waals surface area contributed by atoms with Crippen LogP contribution < -0.4 is 15.0 Å². The lowest BCUT2D eigenvalue weighted by molar-refractivity contribution is -0.120. The summed E-state index contributed by atoms with van der Waals surface area (Å²) in [7, 11) is -1.54. The van der Waals surface area contributed by atoms with Gasteiger partial charge in [0.2, 0.25) is 5.91 Å². The van der Waals surface area contributed by atoms with Gasteiger partial charge in [0, 0.05) is 13.0 Å². The van der Waals surface area contributed by atoms with Crippen molar-refractivity contribution in [3.63, 3.8) is 0 Å². The standard InChI is InChI=1S/C13H14N2O5/c1-19-10-4-3-8(12(17)20-2)7-9(10)15-6-5-11(16)14-13(15)18/h3-4,7H,5-6H2,1-2H3,(H,14,16,18)/i1D3. The first-order chi connectivity index (χ1) is 10.7. The van der Waals surface area contributed by atoms with Crippen LogP contribution in [0.3, 0.4) is 0 Å². The van der Waals surface area contributed by atoms with Gasteiger partial charge in [-0.25, -0.2) is 9.59 Å². The third-order valence-electron chi connectivity index (χ3n) is 2.83. The van der Waals surface area contributed by atoms with Crippen molar-refractivity contribution in [3.05, 3.63) is 23.8 Å². The minimum absolute atomic E-state index is 0.0344. The highest BCUT2D eigenvalue weighted by Gasteiger charge is 2.27. The largest absolute Gasteiger partial charge is 0.495 e. The van der Waals surface area contributed by atoms with Crippen LogP contribution >= 0.6 is 0 Å². The Morgan fingerprint density at radius 2 is 2.25 bits per heavy atom. The van der Waals surface area contributed by atoms with Crippen molar-refractivity contribution in [1.29, 1.82) is 0 Å². The molecule has 1 saturated heterocycles. The van der Waals surface area contributed by atoms with E-state index in [9.17, 15) is 14.4 Å². The predicted octanol–water partition coefficient (Wildman–Crippen LogP) is 0.928. The van der Waals surface area contributed by atoms with E-state index in [1.807, 2.05) is 0 Å². The molecule has 0 radical (unpaired) electrons. The number of methoxy groups -OCH3 is 2. The number of hydrogen-bond donors (Lipinski definition) is 1. The molecule has 1 N–H and O–H groups in total. The average Bonchev–Trinajstić information content (AvgIpc) is 2.46. The molecule has 1 heterocycles. The summed E-state index contributed by atoms with van der Waals surface area (Å²) in [5, 5.41) is 2.12. The number of benzene rings is 1. The molecule has 0 aromatic heterocycles. The zero-order valence-electron chi connectivity index (χ0n) is 13.6. The smallest absolute Gasteiger partial charge is 0.337 e. The first-order valence-electron chi connectivity index (χ1n) is 7.24. The Hall–Kier alpha value is -2.57. The number of urea groups is 1. The summed E-state index contributed by atoms with van der Waals surface area (Å²) in [5.74, 6) is -1.20. The van der Waals surface area contributed by atoms with E-state index in [-0.39, 0.29) is 30.0 Å². The summed E-state index contributed by atoms with van der Waals surface area (Å²) in [6.45, 7) is 0.0344. The molecule has 0 atom stereocenters. The van der Waals surface area contributed by atoms with E-state index in [2.05, 4.69) is 10.1 Å². The van der Waals surface area contributed by atoms with Gasteiger partial charge in [-0.2, -0.15) is 0 Å². The van der Waals surface area contributed by atoms with Gasteiger partial charge in [0.15, 0.2) is 0 Å². The highest BCUT2D eigenvalue weighted by molar-refractivity contribution is 6.06. The number of esters is 1. The fourth-order valence-corrected chi connectivity index (χ4v) is 1.85. The second kappa shape index (κ2) is 5.60. The molecule has 0 unspecified atom stereocenters. The van der Waals surface area contributed by atoms with Crippen LogP contribution in [0.15, 0.2) is 18.2 Å². The first-order valence-corrected chi connectivity index (χ1v) is 5.74. The molecule has 7 nitrogen and oxygen atoms in total. The lowest BCUT2D eigenvalue weighted by Crippen LogP contribution is -2.49. The molecule has 7 heteroatoms. The van der Waals surface area contributed by atoms with Crippen molar-refractivity contribution >= 4 is 23.6 Å². The minimum atomic E-state index is -2.73. The van der Waals surface area contributed by atoms with E-state index < -0.39 is 24.9 Å². The number of hydrogen-bond acceptors (Lipinski definition) is 5. The Bertz CT molecular complexity index is 660. The Morgan fingerprint density at radius 3 is 2.90 bits per heavy atom. The molecule has 0 aliphatic carbocycles. The van der Waals surface area contributed by atoms with Crippen LogP contribution in [0.4, 0.5) is 10.5 Å². The molecule has 1 aromatic rings. The summed E-state index contributed by atoms with van der Waals surface area (Å²) in [6.07, 6.45) is 0.0431. The normalized spacial score (nSPS) is 17.6. The number of ether oxygens (including phenoxy) is 2. The van der Waals surface area contributed by atoms with Crippen molar-refractivity contribution < 1.29 is 28.0 Å². The van der Waals surface area contributed by atoms with Crippen molar-refractivity contribution in [2.45, 2.75) is 6.42 Å². The number of nitrogens with one attached hydrogen (secondary N) is 1. The van der Waals surface area contributed by atoms with Crippen LogP contribution in [-0.4, -0.2) is 38.6 Å². The zero-order chi connectivity index (χ0) is 17.2. The van der Waals surface area contributed by atoms with Gasteiger partial charge in [-0.3, -0.25) is 15.0 Å². The molecule has 0 saturated carbocycles. The number of amides is 3. The highest BCUT2D eigenvalue weighted by atomic mass is 16.5. The summed E-state index contributed by atoms with van der Waals surface area (Å²) in [4.78, 5) is 36.0. The zero-order valence-corrected chi connectivity index (χ0v) is 10.6. The van der Waals surface area contributed by atoms with Crippen LogP contribution in [0.1, 0.15) is 20.9 Å². The SMILES string of the molecule is [2H]C([2H])([2H])Oc1ccc(C(=O)OC)cc1N1CCC(=O)NC1=O. The maximum atomic E-state index is 12.0. The van der Waals surface area contributed by atoms with Crippen molar-refractivity contribution in [3.8, 4) is 5.75 Å². The number of rotatable bonds is 3. The van der Waals surface area contributed by atoms with Gasteiger partial charge >= 0.3 is 12.0 Å². The van der Waals surface area contributed by atoms with E-state index in [0.717, 1.165) is 4.90 Å². The first kappa shape index (κ1) is 10.2. The molecule has 106 valence electrons. The maximum Gasteiger partial charge on any atom is 0.337 e. The molecular weight excluding hydrogens is 264 g/mol. The average molecular weight is 281 g/mol. The van der Waals surface area contributed by atoms with Gasteiger partial charge in [-0.15, -0.1) is 0 Å². The van der Waals surface area contributed by atoms with Crippen LogP contribution in [0.5, 0.6) is 5.75 Å². The summed E-state index contributed by atoms with van der Waals surface area (Å²) >= 11 is 0. The molecule has 1 aliphatic rings. The predicted molar refractivity (Wildman–Crippen MR) is 69.8 cm³/mol. The van der Waals surface area contributed by atoms with Gasteiger partial charge in [-0.05, 0) is 18.2 Å². The molecule has 3 amide bonds. The van der Waals surface area contributed by atoms with Gasteiger partial charge in [0.1, 0.15) is 5.75 Å². The number of anilines is 1. The van der Waals surface area contributed by atoms with Crippen molar-refractivity contribution in [1.82, 2.24) is 5.32 Å². The maximum absolute atomic E-state index is 12.0. The number of carbonyl (C=O) groups is 3. The number of imide groups is 1. The Balaban J connectivity index is 2.45. The van der Waals surface area contributed by atoms with Crippen LogP contribution in [0.2, 0.25) is 0 Å². The van der Waals surface area contributed by atoms with E-state index in [4.69, 9.17) is 8.85 Å². The topological polar surface area (TPSA) is 84.9 Å². The van der Waals surface area contributed by atoms with Gasteiger partial charge < -0.3 is 9.47 Å². The van der Waals surface area contributed by atoms with Crippen LogP contribution in [-0.2, 0) is 9.53 Å². The fourth-order valence-electron chi connectivity index (χ4n) is 1.85. The third kappa shape index (κ3) is 2.56. The second-order valence-electron chi connectivity index (χ2n) is 4.03. The molecule has 20 heavy (non-hydrogen) atoms. The van der Waals surface area contributed by atoms with Crippen LogP contribution in [0.25, 0.3) is 0 Å². The number of carbonyl (C=O) groups excluding carboxylic acids is 3. The monoisotopic (exact) mass is 281 g/mol. The highest BCUT2D eigenvalue weighted by Crippen LogP contribution is 2.30. The summed E-state index contributed by atoms with van der Waals surface area (Å²) in [5.41, 5.74) is 0.180. The van der Waals surface area contributed by atoms with E-state index in [0.29, 0.717) is 0 Å². The van der Waals surface area contributed by atoms with Crippen molar-refractivity contribution in [2.75, 3.05) is 25.6 Å². The van der Waals surface area contributed by atoms with E-state index >= 15 is 0 Å². The van der Waals surface area contributed by atoms with Crippen molar-refractivity contribution in [2.24, 2.45) is 0 Å². The Labute approximate surface area is 119 Å².